The molecule has 0 saturated carbocycles. The highest BCUT2D eigenvalue weighted by molar-refractivity contribution is 6.17. The molecule has 4 nitrogen and oxygen atoms in total. The van der Waals surface area contributed by atoms with E-state index in [1.165, 1.54) is 16.3 Å². The Morgan fingerprint density at radius 3 is 2.02 bits per heavy atom. The number of benzene rings is 8. The van der Waals surface area contributed by atoms with Crippen molar-refractivity contribution in [2.75, 3.05) is 0 Å². The molecule has 51 heavy (non-hydrogen) atoms. The minimum Gasteiger partial charge on any atom is -0.456 e. The largest absolute Gasteiger partial charge is 0.456 e. The van der Waals surface area contributed by atoms with Crippen molar-refractivity contribution >= 4 is 55.2 Å². The number of hydrogen-bond acceptors (Lipinski definition) is 4. The van der Waals surface area contributed by atoms with Crippen molar-refractivity contribution in [1.29, 1.82) is 0 Å². The number of hydrogen-bond donors (Lipinski definition) is 1. The molecule has 0 amide bonds. The van der Waals surface area contributed by atoms with Gasteiger partial charge in [-0.15, -0.1) is 0 Å². The Hall–Kier alpha value is -6.78. The highest BCUT2D eigenvalue weighted by Crippen LogP contribution is 2.42. The van der Waals surface area contributed by atoms with Crippen LogP contribution >= 0.6 is 0 Å². The Bertz CT molecular complexity index is 2830. The first-order valence-electron chi connectivity index (χ1n) is 17.3. The van der Waals surface area contributed by atoms with E-state index in [-0.39, 0.29) is 6.17 Å². The Morgan fingerprint density at radius 2 is 1.18 bits per heavy atom. The first-order valence-corrected chi connectivity index (χ1v) is 17.3. The van der Waals surface area contributed by atoms with Crippen molar-refractivity contribution in [3.8, 4) is 22.3 Å². The second-order valence-corrected chi connectivity index (χ2v) is 13.0. The van der Waals surface area contributed by atoms with E-state index in [1.807, 2.05) is 24.3 Å². The molecule has 1 aliphatic rings. The molecule has 0 bridgehead atoms. The summed E-state index contributed by atoms with van der Waals surface area (Å²) in [4.78, 5) is 10.3. The van der Waals surface area contributed by atoms with Gasteiger partial charge in [0.1, 0.15) is 23.2 Å². The second-order valence-electron chi connectivity index (χ2n) is 13.0. The smallest absolute Gasteiger partial charge is 0.159 e. The van der Waals surface area contributed by atoms with Gasteiger partial charge in [0.25, 0.3) is 0 Å². The Kier molecular flexibility index (Phi) is 6.85. The predicted octanol–water partition coefficient (Wildman–Crippen LogP) is 11.7. The van der Waals surface area contributed by atoms with Gasteiger partial charge >= 0.3 is 0 Å². The minimum atomic E-state index is -0.347. The molecule has 0 aliphatic carbocycles. The van der Waals surface area contributed by atoms with E-state index in [2.05, 4.69) is 157 Å². The molecule has 8 aromatic carbocycles. The first kappa shape index (κ1) is 29.2. The summed E-state index contributed by atoms with van der Waals surface area (Å²) in [6, 6.07) is 61.6. The van der Waals surface area contributed by atoms with Crippen LogP contribution in [0.25, 0.3) is 65.7 Å². The number of nitrogens with one attached hydrogen (secondary N) is 1. The van der Waals surface area contributed by atoms with Crippen molar-refractivity contribution in [3.63, 3.8) is 0 Å². The van der Waals surface area contributed by atoms with E-state index in [4.69, 9.17) is 14.4 Å². The van der Waals surface area contributed by atoms with Gasteiger partial charge in [0.2, 0.25) is 0 Å². The lowest BCUT2D eigenvalue weighted by molar-refractivity contribution is 0.669. The summed E-state index contributed by atoms with van der Waals surface area (Å²) in [5.74, 6) is 1.51. The SMILES string of the molecule is c1ccc(C2=NC(c3ccc(-c4cccc5oc6cc(-c7ccccc7)ccc6c45)c4ccccc34)NC(c3ccc4ccccc4c3)=N2)cc1. The fraction of sp³-hybridized carbons (Fsp3) is 0.0213. The van der Waals surface area contributed by atoms with Gasteiger partial charge in [-0.3, -0.25) is 0 Å². The summed E-state index contributed by atoms with van der Waals surface area (Å²) in [6.45, 7) is 0. The third-order valence-corrected chi connectivity index (χ3v) is 9.94. The maximum atomic E-state index is 6.50. The number of nitrogens with zero attached hydrogens (tertiary/aromatic N) is 2. The van der Waals surface area contributed by atoms with Crippen LogP contribution in [0.5, 0.6) is 0 Å². The molecule has 0 saturated heterocycles. The lowest BCUT2D eigenvalue weighted by Crippen LogP contribution is -2.33. The zero-order valence-electron chi connectivity index (χ0n) is 27.6. The molecule has 2 heterocycles. The first-order chi connectivity index (χ1) is 25.3. The van der Waals surface area contributed by atoms with Gasteiger partial charge in [-0.05, 0) is 68.1 Å². The average Bonchev–Trinajstić information content (AvgIpc) is 3.59. The molecule has 1 atom stereocenters. The van der Waals surface area contributed by atoms with Crippen LogP contribution in [0.3, 0.4) is 0 Å². The molecule has 0 radical (unpaired) electrons. The van der Waals surface area contributed by atoms with Crippen LogP contribution in [-0.4, -0.2) is 11.7 Å². The fourth-order valence-electron chi connectivity index (χ4n) is 7.47. The third kappa shape index (κ3) is 5.08. The van der Waals surface area contributed by atoms with E-state index in [0.717, 1.165) is 71.9 Å². The molecule has 9 aromatic rings. The van der Waals surface area contributed by atoms with E-state index < -0.39 is 0 Å². The number of fused-ring (bicyclic) bond motifs is 5. The molecule has 1 aromatic heterocycles. The fourth-order valence-corrected chi connectivity index (χ4v) is 7.47. The number of rotatable bonds is 5. The van der Waals surface area contributed by atoms with Gasteiger partial charge in [0, 0.05) is 27.5 Å². The van der Waals surface area contributed by atoms with Crippen molar-refractivity contribution in [1.82, 2.24) is 5.32 Å². The monoisotopic (exact) mass is 653 g/mol. The molecule has 4 heteroatoms. The van der Waals surface area contributed by atoms with Crippen molar-refractivity contribution in [2.24, 2.45) is 9.98 Å². The van der Waals surface area contributed by atoms with Gasteiger partial charge in [-0.25, -0.2) is 9.98 Å². The number of amidine groups is 2. The summed E-state index contributed by atoms with van der Waals surface area (Å²) < 4.78 is 6.50. The van der Waals surface area contributed by atoms with Crippen LogP contribution in [0.1, 0.15) is 22.9 Å². The quantitative estimate of drug-likeness (QED) is 0.201. The lowest BCUT2D eigenvalue weighted by Gasteiger charge is -2.25. The van der Waals surface area contributed by atoms with Crippen LogP contribution < -0.4 is 5.32 Å². The van der Waals surface area contributed by atoms with E-state index in [9.17, 15) is 0 Å². The van der Waals surface area contributed by atoms with Gasteiger partial charge in [0.15, 0.2) is 5.84 Å². The standard InChI is InChI=1S/C47H31N3O/c1-3-12-30(13-4-1)34-24-25-41-43(29-34)51-42-21-11-20-39(44(41)42)38-26-27-40(37-19-10-9-18-36(37)38)47-49-45(32-15-5-2-6-16-32)48-46(50-47)35-23-22-31-14-7-8-17-33(31)28-35/h1-29,47H,(H,48,49,50). The van der Waals surface area contributed by atoms with Gasteiger partial charge in [-0.1, -0.05) is 152 Å². The minimum absolute atomic E-state index is 0.347. The average molecular weight is 654 g/mol. The molecular formula is C47H31N3O. The molecule has 0 fully saturated rings. The molecule has 1 aliphatic heterocycles. The third-order valence-electron chi connectivity index (χ3n) is 9.94. The van der Waals surface area contributed by atoms with Gasteiger partial charge in [0.05, 0.1) is 0 Å². The molecular weight excluding hydrogens is 623 g/mol. The Labute approximate surface area is 295 Å². The highest BCUT2D eigenvalue weighted by atomic mass is 16.3. The molecule has 240 valence electrons. The summed E-state index contributed by atoms with van der Waals surface area (Å²) >= 11 is 0. The summed E-state index contributed by atoms with van der Waals surface area (Å²) in [6.07, 6.45) is -0.347. The van der Waals surface area contributed by atoms with E-state index in [1.54, 1.807) is 0 Å². The van der Waals surface area contributed by atoms with Gasteiger partial charge in [-0.2, -0.15) is 0 Å². The van der Waals surface area contributed by atoms with E-state index >= 15 is 0 Å². The molecule has 0 spiro atoms. The number of aliphatic imine (C=N–C) groups is 2. The van der Waals surface area contributed by atoms with Gasteiger partial charge < -0.3 is 9.73 Å². The van der Waals surface area contributed by atoms with Crippen LogP contribution in [-0.2, 0) is 0 Å². The summed E-state index contributed by atoms with van der Waals surface area (Å²) in [5, 5.41) is 10.6. The zero-order valence-corrected chi connectivity index (χ0v) is 27.6. The number of furan rings is 1. The highest BCUT2D eigenvalue weighted by Gasteiger charge is 2.24. The maximum absolute atomic E-state index is 6.50. The molecule has 10 rings (SSSR count). The zero-order chi connectivity index (χ0) is 33.7. The van der Waals surface area contributed by atoms with Crippen LogP contribution in [0.15, 0.2) is 190 Å². The van der Waals surface area contributed by atoms with Crippen LogP contribution in [0.4, 0.5) is 0 Å². The topological polar surface area (TPSA) is 49.9 Å². The molecule has 1 N–H and O–H groups in total. The normalized spacial score (nSPS) is 14.5. The van der Waals surface area contributed by atoms with Crippen molar-refractivity contribution in [3.05, 3.63) is 193 Å². The van der Waals surface area contributed by atoms with Crippen LogP contribution in [0, 0.1) is 0 Å². The summed E-state index contributed by atoms with van der Waals surface area (Å²) in [7, 11) is 0. The van der Waals surface area contributed by atoms with Crippen molar-refractivity contribution in [2.45, 2.75) is 6.17 Å². The van der Waals surface area contributed by atoms with Crippen LogP contribution in [0.2, 0.25) is 0 Å². The molecule has 1 unspecified atom stereocenters. The van der Waals surface area contributed by atoms with E-state index in [0.29, 0.717) is 5.84 Å². The van der Waals surface area contributed by atoms with Crippen molar-refractivity contribution < 1.29 is 4.42 Å². The second kappa shape index (κ2) is 12.0. The predicted molar refractivity (Wildman–Crippen MR) is 211 cm³/mol. The lowest BCUT2D eigenvalue weighted by atomic mass is 9.91. The summed E-state index contributed by atoms with van der Waals surface area (Å²) in [5.41, 5.74) is 9.47. The maximum Gasteiger partial charge on any atom is 0.159 e. The Morgan fingerprint density at radius 1 is 0.451 bits per heavy atom. The Balaban J connectivity index is 1.11.